The number of ether oxygens (including phenoxy) is 1. The number of hydrogen-bond donors (Lipinski definition) is 1. The third kappa shape index (κ3) is 4.51. The number of aryl methyl sites for hydroxylation is 1. The molecule has 2 aromatic heterocycles. The molecule has 1 N–H and O–H groups in total. The summed E-state index contributed by atoms with van der Waals surface area (Å²) in [5, 5.41) is 11.6. The van der Waals surface area contributed by atoms with Gasteiger partial charge in [-0.15, -0.1) is 0 Å². The predicted molar refractivity (Wildman–Crippen MR) is 105 cm³/mol. The molecule has 30 heavy (non-hydrogen) atoms. The molecule has 0 spiro atoms. The van der Waals surface area contributed by atoms with Gasteiger partial charge in [0.25, 0.3) is 0 Å². The molecule has 1 aromatic carbocycles. The highest BCUT2D eigenvalue weighted by atomic mass is 19.4. The number of alkyl halides is 3. The van der Waals surface area contributed by atoms with Crippen molar-refractivity contribution in [2.75, 3.05) is 13.1 Å². The summed E-state index contributed by atoms with van der Waals surface area (Å²) < 4.78 is 45.9. The Hall–Kier alpha value is -2.81. The fraction of sp³-hybridized carbons (Fsp3) is 0.429. The van der Waals surface area contributed by atoms with Gasteiger partial charge in [0.15, 0.2) is 0 Å². The van der Waals surface area contributed by atoms with Gasteiger partial charge < -0.3 is 4.74 Å². The highest BCUT2D eigenvalue weighted by Crippen LogP contribution is 2.32. The maximum absolute atomic E-state index is 12.8. The Morgan fingerprint density at radius 2 is 2.10 bits per heavy atom. The fourth-order valence-electron chi connectivity index (χ4n) is 3.74. The SMILES string of the molecule is Cc1c(CN2CCC(c3cc(COc4cccc(C(F)(F)F)c4)[nH]n3)C2)cnn1C. The second kappa shape index (κ2) is 8.14. The predicted octanol–water partition coefficient (Wildman–Crippen LogP) is 4.04. The van der Waals surface area contributed by atoms with Gasteiger partial charge in [-0.05, 0) is 44.2 Å². The van der Waals surface area contributed by atoms with Crippen molar-refractivity contribution in [3.05, 3.63) is 64.7 Å². The van der Waals surface area contributed by atoms with Gasteiger partial charge in [0.05, 0.1) is 23.1 Å². The van der Waals surface area contributed by atoms with Gasteiger partial charge in [0.2, 0.25) is 0 Å². The number of hydrogen-bond acceptors (Lipinski definition) is 4. The van der Waals surface area contributed by atoms with Crippen LogP contribution in [0.2, 0.25) is 0 Å². The highest BCUT2D eigenvalue weighted by molar-refractivity contribution is 5.30. The third-order valence-electron chi connectivity index (χ3n) is 5.63. The van der Waals surface area contributed by atoms with E-state index in [1.165, 1.54) is 23.4 Å². The van der Waals surface area contributed by atoms with Crippen LogP contribution in [-0.4, -0.2) is 38.0 Å². The normalized spacial score (nSPS) is 17.6. The molecule has 0 saturated carbocycles. The molecule has 0 aliphatic carbocycles. The van der Waals surface area contributed by atoms with Gasteiger partial charge in [0.1, 0.15) is 12.4 Å². The number of benzene rings is 1. The number of halogens is 3. The maximum atomic E-state index is 12.8. The molecular weight excluding hydrogens is 395 g/mol. The molecule has 1 aliphatic heterocycles. The molecule has 0 bridgehead atoms. The number of rotatable bonds is 6. The van der Waals surface area contributed by atoms with E-state index in [0.29, 0.717) is 5.92 Å². The van der Waals surface area contributed by atoms with E-state index in [-0.39, 0.29) is 12.4 Å². The molecule has 1 saturated heterocycles. The highest BCUT2D eigenvalue weighted by Gasteiger charge is 2.30. The van der Waals surface area contributed by atoms with Crippen LogP contribution in [-0.2, 0) is 26.4 Å². The van der Waals surface area contributed by atoms with Gasteiger partial charge in [-0.2, -0.15) is 23.4 Å². The van der Waals surface area contributed by atoms with Crippen LogP contribution in [0.3, 0.4) is 0 Å². The lowest BCUT2D eigenvalue weighted by atomic mass is 10.1. The van der Waals surface area contributed by atoms with Crippen molar-refractivity contribution < 1.29 is 17.9 Å². The van der Waals surface area contributed by atoms with E-state index in [4.69, 9.17) is 4.74 Å². The summed E-state index contributed by atoms with van der Waals surface area (Å²) in [5.74, 6) is 0.500. The molecule has 9 heteroatoms. The van der Waals surface area contributed by atoms with Crippen molar-refractivity contribution in [3.63, 3.8) is 0 Å². The Balaban J connectivity index is 1.33. The van der Waals surface area contributed by atoms with E-state index >= 15 is 0 Å². The lowest BCUT2D eigenvalue weighted by Crippen LogP contribution is -2.20. The number of likely N-dealkylation sites (tertiary alicyclic amines) is 1. The van der Waals surface area contributed by atoms with Crippen molar-refractivity contribution in [3.8, 4) is 5.75 Å². The van der Waals surface area contributed by atoms with Crippen LogP contribution >= 0.6 is 0 Å². The minimum absolute atomic E-state index is 0.139. The first-order valence-electron chi connectivity index (χ1n) is 9.83. The second-order valence-electron chi connectivity index (χ2n) is 7.73. The van der Waals surface area contributed by atoms with E-state index in [9.17, 15) is 13.2 Å². The van der Waals surface area contributed by atoms with Crippen LogP contribution in [0.5, 0.6) is 5.75 Å². The standard InChI is InChI=1S/C21H24F3N5O/c1-14-16(10-25-28(14)2)12-29-7-6-15(11-29)20-9-18(26-27-20)13-30-19-5-3-4-17(8-19)21(22,23)24/h3-5,8-10,15H,6-7,11-13H2,1-2H3,(H,26,27). The average Bonchev–Trinajstić information content (AvgIpc) is 3.43. The van der Waals surface area contributed by atoms with Crippen LogP contribution in [0, 0.1) is 6.92 Å². The zero-order chi connectivity index (χ0) is 21.3. The smallest absolute Gasteiger partial charge is 0.416 e. The van der Waals surface area contributed by atoms with E-state index < -0.39 is 11.7 Å². The summed E-state index contributed by atoms with van der Waals surface area (Å²) >= 11 is 0. The van der Waals surface area contributed by atoms with Gasteiger partial charge in [0, 0.05) is 37.3 Å². The Bertz CT molecular complexity index is 1010. The van der Waals surface area contributed by atoms with E-state index in [1.54, 1.807) is 0 Å². The van der Waals surface area contributed by atoms with E-state index in [2.05, 4.69) is 27.1 Å². The van der Waals surface area contributed by atoms with Crippen molar-refractivity contribution in [2.45, 2.75) is 38.6 Å². The summed E-state index contributed by atoms with van der Waals surface area (Å²) in [6.45, 7) is 4.97. The first kappa shape index (κ1) is 20.5. The lowest BCUT2D eigenvalue weighted by Gasteiger charge is -2.15. The molecule has 1 aliphatic rings. The Morgan fingerprint density at radius 1 is 1.27 bits per heavy atom. The van der Waals surface area contributed by atoms with Crippen molar-refractivity contribution in [2.24, 2.45) is 7.05 Å². The van der Waals surface area contributed by atoms with Crippen LogP contribution in [0.1, 0.15) is 40.5 Å². The lowest BCUT2D eigenvalue weighted by molar-refractivity contribution is -0.137. The minimum atomic E-state index is -4.39. The van der Waals surface area contributed by atoms with Crippen LogP contribution in [0.4, 0.5) is 13.2 Å². The van der Waals surface area contributed by atoms with E-state index in [1.807, 2.05) is 24.0 Å². The van der Waals surface area contributed by atoms with Gasteiger partial charge in [-0.3, -0.25) is 14.7 Å². The van der Waals surface area contributed by atoms with Crippen LogP contribution in [0.15, 0.2) is 36.5 Å². The average molecular weight is 419 g/mol. The van der Waals surface area contributed by atoms with Crippen molar-refractivity contribution >= 4 is 0 Å². The fourth-order valence-corrected chi connectivity index (χ4v) is 3.74. The molecule has 160 valence electrons. The number of H-pyrrole nitrogens is 1. The summed E-state index contributed by atoms with van der Waals surface area (Å²) in [6.07, 6.45) is -1.46. The number of aromatic nitrogens is 4. The van der Waals surface area contributed by atoms with Crippen LogP contribution < -0.4 is 4.74 Å². The molecule has 6 nitrogen and oxygen atoms in total. The summed E-state index contributed by atoms with van der Waals surface area (Å²) in [7, 11) is 1.94. The Kier molecular flexibility index (Phi) is 5.55. The third-order valence-corrected chi connectivity index (χ3v) is 5.63. The molecule has 1 fully saturated rings. The second-order valence-corrected chi connectivity index (χ2v) is 7.73. The molecular formula is C21H24F3N5O. The monoisotopic (exact) mass is 419 g/mol. The topological polar surface area (TPSA) is 59.0 Å². The maximum Gasteiger partial charge on any atom is 0.416 e. The van der Waals surface area contributed by atoms with Gasteiger partial charge >= 0.3 is 6.18 Å². The Labute approximate surface area is 172 Å². The largest absolute Gasteiger partial charge is 0.487 e. The summed E-state index contributed by atoms with van der Waals surface area (Å²) in [6, 6.07) is 6.83. The van der Waals surface area contributed by atoms with Crippen molar-refractivity contribution in [1.82, 2.24) is 24.9 Å². The van der Waals surface area contributed by atoms with E-state index in [0.717, 1.165) is 49.6 Å². The number of nitrogens with one attached hydrogen (secondary N) is 1. The first-order chi connectivity index (χ1) is 14.3. The minimum Gasteiger partial charge on any atom is -0.487 e. The van der Waals surface area contributed by atoms with Gasteiger partial charge in [-0.25, -0.2) is 0 Å². The molecule has 4 rings (SSSR count). The summed E-state index contributed by atoms with van der Waals surface area (Å²) in [4.78, 5) is 2.39. The molecule has 3 aromatic rings. The van der Waals surface area contributed by atoms with Gasteiger partial charge in [-0.1, -0.05) is 6.07 Å². The zero-order valence-corrected chi connectivity index (χ0v) is 16.9. The molecule has 3 heterocycles. The van der Waals surface area contributed by atoms with Crippen LogP contribution in [0.25, 0.3) is 0 Å². The Morgan fingerprint density at radius 3 is 2.83 bits per heavy atom. The number of aromatic amines is 1. The molecule has 0 radical (unpaired) electrons. The first-order valence-corrected chi connectivity index (χ1v) is 9.83. The zero-order valence-electron chi connectivity index (χ0n) is 16.9. The molecule has 1 atom stereocenters. The summed E-state index contributed by atoms with van der Waals surface area (Å²) in [5.41, 5.74) is 3.38. The number of nitrogens with zero attached hydrogens (tertiary/aromatic N) is 4. The molecule has 0 amide bonds. The van der Waals surface area contributed by atoms with Crippen molar-refractivity contribution in [1.29, 1.82) is 0 Å². The molecule has 1 unspecified atom stereocenters. The quantitative estimate of drug-likeness (QED) is 0.655.